The topological polar surface area (TPSA) is 90.1 Å². The van der Waals surface area contributed by atoms with Gasteiger partial charge in [0.25, 0.3) is 12.3 Å². The highest BCUT2D eigenvalue weighted by molar-refractivity contribution is 5.93. The number of halogens is 2. The van der Waals surface area contributed by atoms with Crippen LogP contribution in [0.25, 0.3) is 0 Å². The zero-order chi connectivity index (χ0) is 20.2. The highest BCUT2D eigenvalue weighted by Gasteiger charge is 2.09. The monoisotopic (exact) mass is 380 g/mol. The van der Waals surface area contributed by atoms with Gasteiger partial charge in [-0.2, -0.15) is 0 Å². The van der Waals surface area contributed by atoms with Crippen LogP contribution in [0.5, 0.6) is 5.88 Å². The van der Waals surface area contributed by atoms with Gasteiger partial charge >= 0.3 is 0 Å². The Bertz CT molecular complexity index is 697. The first kappa shape index (κ1) is 22.4. The highest BCUT2D eigenvalue weighted by Crippen LogP contribution is 2.16. The Kier molecular flexibility index (Phi) is 9.89. The fourth-order valence-electron chi connectivity index (χ4n) is 1.80. The number of aryl methyl sites for hydroxylation is 1. The van der Waals surface area contributed by atoms with Gasteiger partial charge in [0.2, 0.25) is 5.88 Å². The van der Waals surface area contributed by atoms with Crippen molar-refractivity contribution in [2.24, 2.45) is 5.73 Å². The Hall–Kier alpha value is -2.61. The Morgan fingerprint density at radius 1 is 1.33 bits per heavy atom. The van der Waals surface area contributed by atoms with Gasteiger partial charge in [-0.1, -0.05) is 6.92 Å². The number of carbonyl (C=O) groups is 1. The average Bonchev–Trinajstić information content (AvgIpc) is 2.66. The molecule has 0 saturated heterocycles. The summed E-state index contributed by atoms with van der Waals surface area (Å²) in [6.07, 6.45) is 3.10. The Morgan fingerprint density at radius 2 is 1.96 bits per heavy atom. The fourth-order valence-corrected chi connectivity index (χ4v) is 1.80. The summed E-state index contributed by atoms with van der Waals surface area (Å²) in [6.45, 7) is 5.38. The number of ether oxygens (including phenoxy) is 1. The van der Waals surface area contributed by atoms with Gasteiger partial charge in [-0.15, -0.1) is 0 Å². The molecule has 2 rings (SSSR count). The van der Waals surface area contributed by atoms with Crippen LogP contribution in [0.15, 0.2) is 36.8 Å². The van der Waals surface area contributed by atoms with E-state index in [2.05, 4.69) is 22.2 Å². The molecule has 0 saturated carbocycles. The molecule has 0 aliphatic carbocycles. The van der Waals surface area contributed by atoms with Gasteiger partial charge in [0.05, 0.1) is 0 Å². The number of alkyl halides is 2. The first-order chi connectivity index (χ1) is 12.8. The summed E-state index contributed by atoms with van der Waals surface area (Å²) in [4.78, 5) is 19.7. The molecule has 1 atom stereocenters. The van der Waals surface area contributed by atoms with Crippen LogP contribution in [0.2, 0.25) is 0 Å². The lowest BCUT2D eigenvalue weighted by molar-refractivity contribution is 0.0792. The van der Waals surface area contributed by atoms with E-state index in [1.165, 1.54) is 18.6 Å². The molecular formula is C19H26F2N4O2. The van der Waals surface area contributed by atoms with E-state index in [1.54, 1.807) is 25.1 Å². The summed E-state index contributed by atoms with van der Waals surface area (Å²) in [5.74, 6) is -0.0532. The third-order valence-electron chi connectivity index (χ3n) is 3.47. The lowest BCUT2D eigenvalue weighted by atomic mass is 10.2. The maximum atomic E-state index is 12.1. The molecule has 0 aromatic carbocycles. The smallest absolute Gasteiger partial charge is 0.272 e. The van der Waals surface area contributed by atoms with E-state index in [4.69, 9.17) is 10.5 Å². The molecule has 0 aliphatic heterocycles. The van der Waals surface area contributed by atoms with Crippen molar-refractivity contribution in [2.45, 2.75) is 46.2 Å². The van der Waals surface area contributed by atoms with E-state index < -0.39 is 13.0 Å². The molecule has 2 heterocycles. The van der Waals surface area contributed by atoms with Gasteiger partial charge in [0, 0.05) is 42.3 Å². The van der Waals surface area contributed by atoms with Gasteiger partial charge in [0.15, 0.2) is 6.61 Å². The van der Waals surface area contributed by atoms with Crippen molar-refractivity contribution in [1.29, 1.82) is 0 Å². The minimum Gasteiger partial charge on any atom is -0.471 e. The predicted molar refractivity (Wildman–Crippen MR) is 99.8 cm³/mol. The summed E-state index contributed by atoms with van der Waals surface area (Å²) in [5.41, 5.74) is 7.19. The zero-order valence-corrected chi connectivity index (χ0v) is 15.8. The number of rotatable bonds is 7. The van der Waals surface area contributed by atoms with E-state index in [1.807, 2.05) is 6.92 Å². The lowest BCUT2D eigenvalue weighted by Crippen LogP contribution is -2.23. The van der Waals surface area contributed by atoms with Crippen LogP contribution in [-0.2, 0) is 6.54 Å². The number of aromatic nitrogens is 2. The molecule has 148 valence electrons. The molecule has 3 N–H and O–H groups in total. The Labute approximate surface area is 158 Å². The molecule has 6 nitrogen and oxygen atoms in total. The van der Waals surface area contributed by atoms with Crippen molar-refractivity contribution >= 4 is 5.91 Å². The van der Waals surface area contributed by atoms with Crippen LogP contribution < -0.4 is 15.8 Å². The largest absolute Gasteiger partial charge is 0.471 e. The molecular weight excluding hydrogens is 354 g/mol. The molecule has 27 heavy (non-hydrogen) atoms. The highest BCUT2D eigenvalue weighted by atomic mass is 19.3. The predicted octanol–water partition coefficient (Wildman–Crippen LogP) is 3.10. The standard InChI is InChI=1S/C15H15F2N3O2.C4H11N/c1-10-6-11(8-20-15(10)22-9-13(16)17)7-19-14(21)12-2-4-18-5-3-12;1-3-4(2)5/h2-6,8,13H,7,9H2,1H3,(H,19,21);4H,3,5H2,1-2H3. The van der Waals surface area contributed by atoms with Crippen LogP contribution in [-0.4, -0.2) is 34.9 Å². The van der Waals surface area contributed by atoms with E-state index in [9.17, 15) is 13.6 Å². The van der Waals surface area contributed by atoms with Crippen molar-refractivity contribution in [3.63, 3.8) is 0 Å². The molecule has 8 heteroatoms. The minimum absolute atomic E-state index is 0.171. The summed E-state index contributed by atoms with van der Waals surface area (Å²) in [6, 6.07) is 5.34. The maximum Gasteiger partial charge on any atom is 0.272 e. The molecule has 0 spiro atoms. The van der Waals surface area contributed by atoms with Gasteiger partial charge in [-0.3, -0.25) is 9.78 Å². The number of nitrogens with one attached hydrogen (secondary N) is 1. The molecule has 0 radical (unpaired) electrons. The Balaban J connectivity index is 0.000000646. The van der Waals surface area contributed by atoms with E-state index in [0.29, 0.717) is 17.2 Å². The van der Waals surface area contributed by atoms with Gasteiger partial charge in [-0.25, -0.2) is 13.8 Å². The number of pyridine rings is 2. The summed E-state index contributed by atoms with van der Waals surface area (Å²) in [7, 11) is 0. The molecule has 1 amide bonds. The second kappa shape index (κ2) is 11.9. The second-order valence-corrected chi connectivity index (χ2v) is 5.97. The third-order valence-corrected chi connectivity index (χ3v) is 3.47. The molecule has 0 aliphatic rings. The number of hydrogen-bond donors (Lipinski definition) is 2. The van der Waals surface area contributed by atoms with Crippen LogP contribution in [0, 0.1) is 6.92 Å². The molecule has 0 bridgehead atoms. The summed E-state index contributed by atoms with van der Waals surface area (Å²) < 4.78 is 29.1. The zero-order valence-electron chi connectivity index (χ0n) is 15.8. The SMILES string of the molecule is CCC(C)N.Cc1cc(CNC(=O)c2ccncc2)cnc1OCC(F)F. The maximum absolute atomic E-state index is 12.1. The van der Waals surface area contributed by atoms with Crippen molar-refractivity contribution in [3.8, 4) is 5.88 Å². The number of amides is 1. The number of nitrogens with zero attached hydrogens (tertiary/aromatic N) is 2. The molecule has 0 fully saturated rings. The fraction of sp³-hybridized carbons (Fsp3) is 0.421. The normalized spacial score (nSPS) is 11.4. The van der Waals surface area contributed by atoms with Crippen LogP contribution in [0.1, 0.15) is 41.8 Å². The van der Waals surface area contributed by atoms with Gasteiger partial charge in [-0.05, 0) is 44.0 Å². The van der Waals surface area contributed by atoms with E-state index >= 15 is 0 Å². The van der Waals surface area contributed by atoms with E-state index in [-0.39, 0.29) is 18.3 Å². The number of hydrogen-bond acceptors (Lipinski definition) is 5. The van der Waals surface area contributed by atoms with Crippen molar-refractivity contribution in [2.75, 3.05) is 6.61 Å². The van der Waals surface area contributed by atoms with Crippen molar-refractivity contribution in [1.82, 2.24) is 15.3 Å². The number of nitrogens with two attached hydrogens (primary N) is 1. The lowest BCUT2D eigenvalue weighted by Gasteiger charge is -2.10. The average molecular weight is 380 g/mol. The second-order valence-electron chi connectivity index (χ2n) is 5.97. The van der Waals surface area contributed by atoms with Crippen LogP contribution in [0.4, 0.5) is 8.78 Å². The van der Waals surface area contributed by atoms with Crippen LogP contribution in [0.3, 0.4) is 0 Å². The molecule has 1 unspecified atom stereocenters. The first-order valence-electron chi connectivity index (χ1n) is 8.63. The first-order valence-corrected chi connectivity index (χ1v) is 8.63. The summed E-state index contributed by atoms with van der Waals surface area (Å²) >= 11 is 0. The third kappa shape index (κ3) is 9.05. The van der Waals surface area contributed by atoms with Gasteiger partial charge < -0.3 is 15.8 Å². The van der Waals surface area contributed by atoms with Gasteiger partial charge in [0.1, 0.15) is 0 Å². The minimum atomic E-state index is -2.54. The van der Waals surface area contributed by atoms with Crippen molar-refractivity contribution in [3.05, 3.63) is 53.5 Å². The Morgan fingerprint density at radius 3 is 2.48 bits per heavy atom. The van der Waals surface area contributed by atoms with E-state index in [0.717, 1.165) is 12.0 Å². The van der Waals surface area contributed by atoms with Crippen LogP contribution >= 0.6 is 0 Å². The number of carbonyl (C=O) groups excluding carboxylic acids is 1. The molecule has 2 aromatic heterocycles. The molecule has 2 aromatic rings. The summed E-state index contributed by atoms with van der Waals surface area (Å²) in [5, 5.41) is 2.74. The quantitative estimate of drug-likeness (QED) is 0.770. The van der Waals surface area contributed by atoms with Crippen molar-refractivity contribution < 1.29 is 18.3 Å².